The average molecular weight is 306 g/mol. The maximum Gasteiger partial charge on any atom is 0.246 e. The minimum absolute atomic E-state index is 0.0659. The van der Waals surface area contributed by atoms with Gasteiger partial charge in [0, 0.05) is 37.3 Å². The monoisotopic (exact) mass is 306 g/mol. The number of aryl methyl sites for hydroxylation is 1. The molecule has 1 aromatic carbocycles. The highest BCUT2D eigenvalue weighted by atomic mass is 16.2. The van der Waals surface area contributed by atoms with Gasteiger partial charge in [-0.1, -0.05) is 24.3 Å². The Morgan fingerprint density at radius 3 is 2.87 bits per heavy atom. The van der Waals surface area contributed by atoms with Crippen LogP contribution in [0.3, 0.4) is 0 Å². The van der Waals surface area contributed by atoms with Gasteiger partial charge in [0.15, 0.2) is 0 Å². The van der Waals surface area contributed by atoms with Crippen molar-refractivity contribution < 1.29 is 4.79 Å². The number of carbonyl (C=O) groups excluding carboxylic acids is 1. The molecule has 0 unspecified atom stereocenters. The van der Waals surface area contributed by atoms with Crippen molar-refractivity contribution in [2.75, 3.05) is 7.05 Å². The first-order valence-corrected chi connectivity index (χ1v) is 7.38. The van der Waals surface area contributed by atoms with E-state index < -0.39 is 0 Å². The van der Waals surface area contributed by atoms with Crippen molar-refractivity contribution in [3.8, 4) is 0 Å². The van der Waals surface area contributed by atoms with Crippen LogP contribution in [-0.2, 0) is 18.4 Å². The molecule has 2 heterocycles. The molecule has 0 N–H and O–H groups in total. The van der Waals surface area contributed by atoms with Crippen LogP contribution in [0.1, 0.15) is 11.3 Å². The number of para-hydroxylation sites is 1. The second kappa shape index (κ2) is 6.44. The molecule has 3 rings (SSSR count). The number of benzene rings is 1. The fourth-order valence-electron chi connectivity index (χ4n) is 2.34. The molecule has 2 aromatic heterocycles. The van der Waals surface area contributed by atoms with Crippen LogP contribution in [0.2, 0.25) is 0 Å². The van der Waals surface area contributed by atoms with E-state index in [0.717, 1.165) is 22.2 Å². The number of pyridine rings is 1. The third kappa shape index (κ3) is 3.63. The number of carbonyl (C=O) groups is 1. The van der Waals surface area contributed by atoms with Gasteiger partial charge in [0.05, 0.1) is 24.0 Å². The van der Waals surface area contributed by atoms with Gasteiger partial charge in [-0.3, -0.25) is 14.5 Å². The van der Waals surface area contributed by atoms with E-state index in [-0.39, 0.29) is 5.91 Å². The van der Waals surface area contributed by atoms with Gasteiger partial charge in [-0.15, -0.1) is 0 Å². The quantitative estimate of drug-likeness (QED) is 0.696. The molecular weight excluding hydrogens is 288 g/mol. The molecule has 3 aromatic rings. The van der Waals surface area contributed by atoms with Gasteiger partial charge in [-0.05, 0) is 18.2 Å². The summed E-state index contributed by atoms with van der Waals surface area (Å²) in [6.07, 6.45) is 6.89. The third-order valence-electron chi connectivity index (χ3n) is 3.57. The Bertz CT molecular complexity index is 866. The summed E-state index contributed by atoms with van der Waals surface area (Å²) >= 11 is 0. The summed E-state index contributed by atoms with van der Waals surface area (Å²) < 4.78 is 1.70. The molecule has 23 heavy (non-hydrogen) atoms. The van der Waals surface area contributed by atoms with E-state index in [1.807, 2.05) is 49.6 Å². The smallest absolute Gasteiger partial charge is 0.246 e. The zero-order valence-electron chi connectivity index (χ0n) is 13.2. The highest BCUT2D eigenvalue weighted by molar-refractivity contribution is 5.91. The maximum atomic E-state index is 12.2. The molecule has 5 heteroatoms. The Morgan fingerprint density at radius 2 is 2.09 bits per heavy atom. The molecule has 0 bridgehead atoms. The number of amides is 1. The summed E-state index contributed by atoms with van der Waals surface area (Å²) in [5.41, 5.74) is 2.71. The summed E-state index contributed by atoms with van der Waals surface area (Å²) in [6.45, 7) is 0.473. The summed E-state index contributed by atoms with van der Waals surface area (Å²) in [4.78, 5) is 18.4. The fraction of sp³-hybridized carbons (Fsp3) is 0.167. The van der Waals surface area contributed by atoms with Crippen LogP contribution in [0.25, 0.3) is 17.0 Å². The first-order valence-electron chi connectivity index (χ1n) is 7.38. The molecule has 0 saturated carbocycles. The van der Waals surface area contributed by atoms with E-state index in [1.54, 1.807) is 35.0 Å². The standard InChI is InChI=1S/C18H18N4O/c1-21(18(23)10-7-14-11-19-22(2)12-14)13-16-9-8-15-5-3-4-6-17(15)20-16/h3-12H,13H2,1-2H3/b10-7+. The van der Waals surface area contributed by atoms with Crippen LogP contribution in [0, 0.1) is 0 Å². The highest BCUT2D eigenvalue weighted by Gasteiger charge is 2.07. The van der Waals surface area contributed by atoms with Gasteiger partial charge in [-0.2, -0.15) is 5.10 Å². The molecule has 0 radical (unpaired) electrons. The molecule has 0 aliphatic heterocycles. The number of fused-ring (bicyclic) bond motifs is 1. The van der Waals surface area contributed by atoms with Crippen molar-refractivity contribution >= 4 is 22.9 Å². The van der Waals surface area contributed by atoms with Crippen LogP contribution < -0.4 is 0 Å². The van der Waals surface area contributed by atoms with Gasteiger partial charge in [0.2, 0.25) is 5.91 Å². The lowest BCUT2D eigenvalue weighted by Gasteiger charge is -2.14. The predicted octanol–water partition coefficient (Wildman–Crippen LogP) is 2.64. The molecule has 116 valence electrons. The van der Waals surface area contributed by atoms with Crippen molar-refractivity contribution in [1.82, 2.24) is 19.7 Å². The molecule has 0 fully saturated rings. The predicted molar refractivity (Wildman–Crippen MR) is 90.5 cm³/mol. The highest BCUT2D eigenvalue weighted by Crippen LogP contribution is 2.13. The Hall–Kier alpha value is -2.95. The number of aromatic nitrogens is 3. The van der Waals surface area contributed by atoms with E-state index in [0.29, 0.717) is 6.54 Å². The van der Waals surface area contributed by atoms with Crippen LogP contribution >= 0.6 is 0 Å². The minimum atomic E-state index is -0.0659. The lowest BCUT2D eigenvalue weighted by molar-refractivity contribution is -0.125. The normalized spacial score (nSPS) is 11.2. The molecule has 0 aliphatic carbocycles. The number of likely N-dealkylation sites (N-methyl/N-ethyl adjacent to an activating group) is 1. The fourth-order valence-corrected chi connectivity index (χ4v) is 2.34. The van der Waals surface area contributed by atoms with Gasteiger partial charge in [0.1, 0.15) is 0 Å². The number of hydrogen-bond acceptors (Lipinski definition) is 3. The number of rotatable bonds is 4. The largest absolute Gasteiger partial charge is 0.336 e. The van der Waals surface area contributed by atoms with Crippen molar-refractivity contribution in [3.05, 3.63) is 66.1 Å². The lowest BCUT2D eigenvalue weighted by atomic mass is 10.2. The van der Waals surface area contributed by atoms with E-state index >= 15 is 0 Å². The zero-order chi connectivity index (χ0) is 16.2. The van der Waals surface area contributed by atoms with Crippen molar-refractivity contribution in [2.45, 2.75) is 6.54 Å². The van der Waals surface area contributed by atoms with Crippen molar-refractivity contribution in [3.63, 3.8) is 0 Å². The third-order valence-corrected chi connectivity index (χ3v) is 3.57. The summed E-state index contributed by atoms with van der Waals surface area (Å²) in [5.74, 6) is -0.0659. The molecule has 0 saturated heterocycles. The minimum Gasteiger partial charge on any atom is -0.336 e. The topological polar surface area (TPSA) is 51.0 Å². The maximum absolute atomic E-state index is 12.2. The van der Waals surface area contributed by atoms with E-state index in [4.69, 9.17) is 0 Å². The van der Waals surface area contributed by atoms with Gasteiger partial charge in [0.25, 0.3) is 0 Å². The Morgan fingerprint density at radius 1 is 1.26 bits per heavy atom. The first-order chi connectivity index (χ1) is 11.1. The second-order valence-corrected chi connectivity index (χ2v) is 5.47. The van der Waals surface area contributed by atoms with Crippen LogP contribution in [0.4, 0.5) is 0 Å². The summed E-state index contributed by atoms with van der Waals surface area (Å²) in [5, 5.41) is 5.17. The second-order valence-electron chi connectivity index (χ2n) is 5.47. The Labute approximate surface area is 134 Å². The summed E-state index contributed by atoms with van der Waals surface area (Å²) in [6, 6.07) is 11.9. The SMILES string of the molecule is CN(Cc1ccc2ccccc2n1)C(=O)/C=C/c1cnn(C)c1. The van der Waals surface area contributed by atoms with Crippen molar-refractivity contribution in [2.24, 2.45) is 7.05 Å². The van der Waals surface area contributed by atoms with Crippen LogP contribution in [0.5, 0.6) is 0 Å². The van der Waals surface area contributed by atoms with E-state index in [2.05, 4.69) is 10.1 Å². The van der Waals surface area contributed by atoms with Crippen molar-refractivity contribution in [1.29, 1.82) is 0 Å². The van der Waals surface area contributed by atoms with Gasteiger partial charge < -0.3 is 4.90 Å². The molecule has 0 atom stereocenters. The van der Waals surface area contributed by atoms with Gasteiger partial charge in [-0.25, -0.2) is 0 Å². The number of hydrogen-bond donors (Lipinski definition) is 0. The molecule has 0 spiro atoms. The lowest BCUT2D eigenvalue weighted by Crippen LogP contribution is -2.24. The molecule has 1 amide bonds. The zero-order valence-corrected chi connectivity index (χ0v) is 13.2. The van der Waals surface area contributed by atoms with Gasteiger partial charge >= 0.3 is 0 Å². The van der Waals surface area contributed by atoms with Crippen LogP contribution in [0.15, 0.2) is 54.9 Å². The number of nitrogens with zero attached hydrogens (tertiary/aromatic N) is 4. The molecular formula is C18H18N4O. The molecule has 5 nitrogen and oxygen atoms in total. The average Bonchev–Trinajstić information content (AvgIpc) is 2.98. The summed E-state index contributed by atoms with van der Waals surface area (Å²) in [7, 11) is 3.61. The van der Waals surface area contributed by atoms with Crippen LogP contribution in [-0.4, -0.2) is 32.6 Å². The first kappa shape index (κ1) is 15.0. The van der Waals surface area contributed by atoms with E-state index in [9.17, 15) is 4.79 Å². The molecule has 0 aliphatic rings. The Balaban J connectivity index is 1.68. The van der Waals surface area contributed by atoms with E-state index in [1.165, 1.54) is 0 Å². The Kier molecular flexibility index (Phi) is 4.19.